The first-order valence-electron chi connectivity index (χ1n) is 3.28. The monoisotopic (exact) mass is 160 g/mol. The lowest BCUT2D eigenvalue weighted by Crippen LogP contribution is -2.36. The molecule has 0 aliphatic rings. The van der Waals surface area contributed by atoms with E-state index in [1.54, 1.807) is 6.92 Å². The largest absolute Gasteiger partial charge is 0.465 e. The van der Waals surface area contributed by atoms with Crippen LogP contribution in [0, 0.1) is 0 Å². The number of esters is 1. The van der Waals surface area contributed by atoms with Gasteiger partial charge < -0.3 is 16.2 Å². The van der Waals surface area contributed by atoms with Gasteiger partial charge in [0.25, 0.3) is 0 Å². The van der Waals surface area contributed by atoms with E-state index in [-0.39, 0.29) is 13.0 Å². The van der Waals surface area contributed by atoms with E-state index in [2.05, 4.69) is 4.74 Å². The molecule has 0 aliphatic heterocycles. The van der Waals surface area contributed by atoms with Gasteiger partial charge in [0.15, 0.2) is 0 Å². The summed E-state index contributed by atoms with van der Waals surface area (Å²) < 4.78 is 4.53. The maximum atomic E-state index is 10.7. The number of carbonyl (C=O) groups excluding carboxylic acids is 2. The lowest BCUT2D eigenvalue weighted by atomic mass is 10.2. The van der Waals surface area contributed by atoms with E-state index in [1.165, 1.54) is 0 Å². The molecule has 0 aromatic carbocycles. The number of primary amides is 1. The van der Waals surface area contributed by atoms with Crippen molar-refractivity contribution in [2.24, 2.45) is 11.5 Å². The molecule has 0 rings (SSSR count). The number of ether oxygens (including phenoxy) is 1. The van der Waals surface area contributed by atoms with Gasteiger partial charge in [0.1, 0.15) is 6.04 Å². The van der Waals surface area contributed by atoms with Crippen LogP contribution in [0.2, 0.25) is 0 Å². The Morgan fingerprint density at radius 2 is 2.09 bits per heavy atom. The molecule has 0 fully saturated rings. The Morgan fingerprint density at radius 1 is 1.55 bits per heavy atom. The van der Waals surface area contributed by atoms with Crippen LogP contribution in [0.15, 0.2) is 0 Å². The second-order valence-electron chi connectivity index (χ2n) is 2.03. The van der Waals surface area contributed by atoms with Gasteiger partial charge in [-0.25, -0.2) is 0 Å². The van der Waals surface area contributed by atoms with Crippen molar-refractivity contribution in [1.82, 2.24) is 0 Å². The van der Waals surface area contributed by atoms with Crippen molar-refractivity contribution in [3.8, 4) is 0 Å². The maximum Gasteiger partial charge on any atom is 0.323 e. The topological polar surface area (TPSA) is 95.4 Å². The highest BCUT2D eigenvalue weighted by Crippen LogP contribution is 1.90. The number of carbonyl (C=O) groups is 2. The molecule has 0 heterocycles. The van der Waals surface area contributed by atoms with Gasteiger partial charge >= 0.3 is 5.97 Å². The summed E-state index contributed by atoms with van der Waals surface area (Å²) >= 11 is 0. The Kier molecular flexibility index (Phi) is 4.21. The molecule has 11 heavy (non-hydrogen) atoms. The van der Waals surface area contributed by atoms with E-state index >= 15 is 0 Å². The van der Waals surface area contributed by atoms with Crippen molar-refractivity contribution in [3.05, 3.63) is 0 Å². The van der Waals surface area contributed by atoms with Crippen molar-refractivity contribution < 1.29 is 14.3 Å². The molecule has 0 aromatic rings. The van der Waals surface area contributed by atoms with Gasteiger partial charge in [0.05, 0.1) is 13.0 Å². The first-order chi connectivity index (χ1) is 5.07. The molecule has 0 aliphatic carbocycles. The highest BCUT2D eigenvalue weighted by Gasteiger charge is 2.16. The first-order valence-corrected chi connectivity index (χ1v) is 3.28. The summed E-state index contributed by atoms with van der Waals surface area (Å²) in [6, 6.07) is -0.924. The predicted molar refractivity (Wildman–Crippen MR) is 38.4 cm³/mol. The number of hydrogen-bond acceptors (Lipinski definition) is 4. The molecule has 5 heteroatoms. The smallest absolute Gasteiger partial charge is 0.323 e. The number of amides is 1. The zero-order chi connectivity index (χ0) is 8.85. The van der Waals surface area contributed by atoms with Crippen molar-refractivity contribution in [3.63, 3.8) is 0 Å². The number of rotatable bonds is 4. The van der Waals surface area contributed by atoms with Gasteiger partial charge in [-0.1, -0.05) is 0 Å². The third kappa shape index (κ3) is 4.32. The third-order valence-corrected chi connectivity index (χ3v) is 1.01. The highest BCUT2D eigenvalue weighted by atomic mass is 16.5. The van der Waals surface area contributed by atoms with Gasteiger partial charge in [-0.05, 0) is 6.92 Å². The third-order valence-electron chi connectivity index (χ3n) is 1.01. The Labute approximate surface area is 64.7 Å². The summed E-state index contributed by atoms with van der Waals surface area (Å²) in [5, 5.41) is 0. The van der Waals surface area contributed by atoms with Gasteiger partial charge in [0.2, 0.25) is 5.91 Å². The van der Waals surface area contributed by atoms with E-state index in [0.717, 1.165) is 0 Å². The molecule has 5 nitrogen and oxygen atoms in total. The Balaban J connectivity index is 3.73. The predicted octanol–water partition coefficient (Wildman–Crippen LogP) is -1.25. The van der Waals surface area contributed by atoms with Crippen LogP contribution in [0.1, 0.15) is 13.3 Å². The second-order valence-corrected chi connectivity index (χ2v) is 2.03. The molecular weight excluding hydrogens is 148 g/mol. The number of hydrogen-bond donors (Lipinski definition) is 2. The molecule has 0 saturated heterocycles. The molecule has 0 unspecified atom stereocenters. The Bertz CT molecular complexity index is 158. The fourth-order valence-electron chi connectivity index (χ4n) is 0.549. The quantitative estimate of drug-likeness (QED) is 0.502. The Hall–Kier alpha value is -1.10. The molecule has 1 amide bonds. The van der Waals surface area contributed by atoms with Crippen LogP contribution in [0.25, 0.3) is 0 Å². The first kappa shape index (κ1) is 9.90. The van der Waals surface area contributed by atoms with Gasteiger partial charge in [-0.15, -0.1) is 0 Å². The highest BCUT2D eigenvalue weighted by molar-refractivity contribution is 5.84. The molecule has 0 aromatic heterocycles. The fourth-order valence-corrected chi connectivity index (χ4v) is 0.549. The summed E-state index contributed by atoms with van der Waals surface area (Å²) in [7, 11) is 0. The van der Waals surface area contributed by atoms with Crippen molar-refractivity contribution in [2.45, 2.75) is 19.4 Å². The van der Waals surface area contributed by atoms with Crippen molar-refractivity contribution in [2.75, 3.05) is 6.61 Å². The van der Waals surface area contributed by atoms with Gasteiger partial charge in [-0.2, -0.15) is 0 Å². The van der Waals surface area contributed by atoms with E-state index in [4.69, 9.17) is 11.5 Å². The zero-order valence-electron chi connectivity index (χ0n) is 6.37. The lowest BCUT2D eigenvalue weighted by Gasteiger charge is -2.06. The van der Waals surface area contributed by atoms with Crippen LogP contribution >= 0.6 is 0 Å². The fraction of sp³-hybridized carbons (Fsp3) is 0.667. The average Bonchev–Trinajstić information content (AvgIpc) is 1.86. The van der Waals surface area contributed by atoms with E-state index < -0.39 is 17.9 Å². The van der Waals surface area contributed by atoms with Gasteiger partial charge in [0, 0.05) is 0 Å². The SMILES string of the molecule is CCOC(=O)[C@H](N)CC(N)=O. The molecule has 64 valence electrons. The minimum Gasteiger partial charge on any atom is -0.465 e. The van der Waals surface area contributed by atoms with Gasteiger partial charge in [-0.3, -0.25) is 9.59 Å². The zero-order valence-corrected chi connectivity index (χ0v) is 6.37. The summed E-state index contributed by atoms with van der Waals surface area (Å²) in [4.78, 5) is 21.0. The second kappa shape index (κ2) is 4.68. The van der Waals surface area contributed by atoms with E-state index in [1.807, 2.05) is 0 Å². The van der Waals surface area contributed by atoms with E-state index in [9.17, 15) is 9.59 Å². The average molecular weight is 160 g/mol. The summed E-state index contributed by atoms with van der Waals surface area (Å²) in [5.41, 5.74) is 10.0. The molecule has 0 bridgehead atoms. The van der Waals surface area contributed by atoms with Crippen LogP contribution in [0.4, 0.5) is 0 Å². The molecular formula is C6H12N2O3. The van der Waals surface area contributed by atoms with Crippen molar-refractivity contribution >= 4 is 11.9 Å². The lowest BCUT2D eigenvalue weighted by molar-refractivity contribution is -0.145. The normalized spacial score (nSPS) is 12.2. The summed E-state index contributed by atoms with van der Waals surface area (Å²) in [5.74, 6) is -1.20. The minimum absolute atomic E-state index is 0.168. The molecule has 0 saturated carbocycles. The van der Waals surface area contributed by atoms with Crippen LogP contribution in [-0.2, 0) is 14.3 Å². The molecule has 4 N–H and O–H groups in total. The minimum atomic E-state index is -0.924. The molecule has 1 atom stereocenters. The van der Waals surface area contributed by atoms with Crippen molar-refractivity contribution in [1.29, 1.82) is 0 Å². The molecule has 0 radical (unpaired) electrons. The van der Waals surface area contributed by atoms with E-state index in [0.29, 0.717) is 0 Å². The maximum absolute atomic E-state index is 10.7. The van der Waals surface area contributed by atoms with Crippen LogP contribution in [-0.4, -0.2) is 24.5 Å². The number of nitrogens with two attached hydrogens (primary N) is 2. The van der Waals surface area contributed by atoms with Crippen LogP contribution < -0.4 is 11.5 Å². The Morgan fingerprint density at radius 3 is 2.45 bits per heavy atom. The van der Waals surface area contributed by atoms with Crippen LogP contribution in [0.3, 0.4) is 0 Å². The summed E-state index contributed by atoms with van der Waals surface area (Å²) in [6.45, 7) is 1.92. The summed E-state index contributed by atoms with van der Waals surface area (Å²) in [6.07, 6.45) is -0.168. The van der Waals surface area contributed by atoms with Crippen LogP contribution in [0.5, 0.6) is 0 Å². The molecule has 0 spiro atoms. The standard InChI is InChI=1S/C6H12N2O3/c1-2-11-6(10)4(7)3-5(8)9/h4H,2-3,7H2,1H3,(H2,8,9)/t4-/m1/s1.